The fraction of sp³-hybridized carbons (Fsp3) is 0.385. The minimum Gasteiger partial charge on any atom is -0.479 e. The highest BCUT2D eigenvalue weighted by atomic mass is 32.1. The van der Waals surface area contributed by atoms with Crippen LogP contribution in [0, 0.1) is 0 Å². The number of aliphatic carboxylic acids is 1. The standard InChI is InChI=1S/C13H18N2O3S/c1-13(2,19)10(14)11(16)15-9(12(17)18)8-6-4-3-5-7-8/h3-7,9-10,19H,14H2,1-2H3,(H,15,16)(H,17,18)/t9-,10+/m0/s1. The van der Waals surface area contributed by atoms with E-state index in [0.717, 1.165) is 0 Å². The van der Waals surface area contributed by atoms with E-state index in [2.05, 4.69) is 17.9 Å². The van der Waals surface area contributed by atoms with Gasteiger partial charge in [0, 0.05) is 4.75 Å². The van der Waals surface area contributed by atoms with Crippen molar-refractivity contribution >= 4 is 24.5 Å². The minimum atomic E-state index is -1.14. The van der Waals surface area contributed by atoms with Gasteiger partial charge in [0.05, 0.1) is 6.04 Å². The third kappa shape index (κ3) is 4.25. The molecule has 6 heteroatoms. The van der Waals surface area contributed by atoms with Gasteiger partial charge in [-0.25, -0.2) is 4.79 Å². The first kappa shape index (κ1) is 15.5. The molecule has 19 heavy (non-hydrogen) atoms. The number of rotatable bonds is 5. The molecule has 1 aromatic rings. The SMILES string of the molecule is CC(C)(S)[C@H](N)C(=O)N[C@H](C(=O)O)c1ccccc1. The maximum absolute atomic E-state index is 11.9. The second-order valence-corrected chi connectivity index (χ2v) is 5.97. The zero-order valence-corrected chi connectivity index (χ0v) is 11.7. The Kier molecular flexibility index (Phi) is 4.97. The molecular weight excluding hydrogens is 264 g/mol. The van der Waals surface area contributed by atoms with Gasteiger partial charge in [0.1, 0.15) is 0 Å². The van der Waals surface area contributed by atoms with Gasteiger partial charge in [-0.1, -0.05) is 30.3 Å². The van der Waals surface area contributed by atoms with E-state index in [9.17, 15) is 14.7 Å². The topological polar surface area (TPSA) is 92.4 Å². The summed E-state index contributed by atoms with van der Waals surface area (Å²) in [5, 5.41) is 11.6. The van der Waals surface area contributed by atoms with Crippen LogP contribution < -0.4 is 11.1 Å². The zero-order valence-electron chi connectivity index (χ0n) is 10.8. The first-order valence-electron chi connectivity index (χ1n) is 5.79. The van der Waals surface area contributed by atoms with Crippen molar-refractivity contribution in [2.24, 2.45) is 5.73 Å². The van der Waals surface area contributed by atoms with Crippen molar-refractivity contribution in [2.75, 3.05) is 0 Å². The monoisotopic (exact) mass is 282 g/mol. The predicted octanol–water partition coefficient (Wildman–Crippen LogP) is 0.964. The fourth-order valence-corrected chi connectivity index (χ4v) is 1.60. The number of nitrogens with one attached hydrogen (secondary N) is 1. The van der Waals surface area contributed by atoms with Crippen LogP contribution >= 0.6 is 12.6 Å². The van der Waals surface area contributed by atoms with Crippen molar-refractivity contribution in [2.45, 2.75) is 30.7 Å². The van der Waals surface area contributed by atoms with Gasteiger partial charge in [-0.3, -0.25) is 4.79 Å². The smallest absolute Gasteiger partial charge is 0.330 e. The van der Waals surface area contributed by atoms with Gasteiger partial charge < -0.3 is 16.2 Å². The van der Waals surface area contributed by atoms with Crippen LogP contribution in [0.5, 0.6) is 0 Å². The lowest BCUT2D eigenvalue weighted by atomic mass is 10.0. The van der Waals surface area contributed by atoms with E-state index in [-0.39, 0.29) is 0 Å². The fourth-order valence-electron chi connectivity index (χ4n) is 1.49. The number of thiol groups is 1. The van der Waals surface area contributed by atoms with E-state index in [0.29, 0.717) is 5.56 Å². The molecule has 0 saturated heterocycles. The second-order valence-electron chi connectivity index (χ2n) is 4.82. The summed E-state index contributed by atoms with van der Waals surface area (Å²) in [4.78, 5) is 23.2. The molecule has 0 unspecified atom stereocenters. The Morgan fingerprint density at radius 2 is 1.84 bits per heavy atom. The zero-order chi connectivity index (χ0) is 14.6. The third-order valence-corrected chi connectivity index (χ3v) is 2.99. The maximum atomic E-state index is 11.9. The average molecular weight is 282 g/mol. The molecule has 5 nitrogen and oxygen atoms in total. The molecule has 1 aromatic carbocycles. The molecule has 4 N–H and O–H groups in total. The molecule has 1 rings (SSSR count). The van der Waals surface area contributed by atoms with E-state index in [1.54, 1.807) is 44.2 Å². The summed E-state index contributed by atoms with van der Waals surface area (Å²) >= 11 is 4.22. The minimum absolute atomic E-state index is 0.493. The summed E-state index contributed by atoms with van der Waals surface area (Å²) in [7, 11) is 0. The van der Waals surface area contributed by atoms with Gasteiger partial charge in [-0.15, -0.1) is 0 Å². The molecule has 2 atom stereocenters. The van der Waals surface area contributed by atoms with Crippen molar-refractivity contribution in [1.82, 2.24) is 5.32 Å². The van der Waals surface area contributed by atoms with Crippen LogP contribution in [-0.2, 0) is 9.59 Å². The second kappa shape index (κ2) is 6.08. The van der Waals surface area contributed by atoms with E-state index in [1.807, 2.05) is 0 Å². The van der Waals surface area contributed by atoms with Gasteiger partial charge >= 0.3 is 5.97 Å². The molecule has 0 bridgehead atoms. The lowest BCUT2D eigenvalue weighted by molar-refractivity contribution is -0.142. The Labute approximate surface area is 117 Å². The molecule has 0 heterocycles. The first-order valence-corrected chi connectivity index (χ1v) is 6.24. The van der Waals surface area contributed by atoms with Crippen LogP contribution in [0.2, 0.25) is 0 Å². The van der Waals surface area contributed by atoms with E-state index < -0.39 is 28.7 Å². The highest BCUT2D eigenvalue weighted by Crippen LogP contribution is 2.18. The summed E-state index contributed by atoms with van der Waals surface area (Å²) in [5.41, 5.74) is 6.23. The number of amides is 1. The van der Waals surface area contributed by atoms with Crippen LogP contribution in [0.25, 0.3) is 0 Å². The quantitative estimate of drug-likeness (QED) is 0.605. The van der Waals surface area contributed by atoms with Gasteiger partial charge in [-0.05, 0) is 19.4 Å². The lowest BCUT2D eigenvalue weighted by Crippen LogP contribution is -2.52. The van der Waals surface area contributed by atoms with Crippen molar-refractivity contribution in [3.8, 4) is 0 Å². The summed E-state index contributed by atoms with van der Waals surface area (Å²) in [6.45, 7) is 3.39. The van der Waals surface area contributed by atoms with Gasteiger partial charge in [0.15, 0.2) is 6.04 Å². The molecule has 0 saturated carbocycles. The van der Waals surface area contributed by atoms with Crippen LogP contribution in [-0.4, -0.2) is 27.8 Å². The molecule has 0 aliphatic carbocycles. The Morgan fingerprint density at radius 3 is 2.26 bits per heavy atom. The number of hydrogen-bond acceptors (Lipinski definition) is 4. The molecule has 0 spiro atoms. The summed E-state index contributed by atoms with van der Waals surface area (Å²) in [6.07, 6.45) is 0. The number of carboxylic acid groups (broad SMARTS) is 1. The summed E-state index contributed by atoms with van der Waals surface area (Å²) in [6, 6.07) is 6.44. The largest absolute Gasteiger partial charge is 0.479 e. The van der Waals surface area contributed by atoms with E-state index >= 15 is 0 Å². The normalized spacial score (nSPS) is 14.5. The lowest BCUT2D eigenvalue weighted by Gasteiger charge is -2.26. The number of nitrogens with two attached hydrogens (primary N) is 1. The van der Waals surface area contributed by atoms with Crippen LogP contribution in [0.1, 0.15) is 25.5 Å². The number of hydrogen-bond donors (Lipinski definition) is 4. The van der Waals surface area contributed by atoms with Crippen molar-refractivity contribution in [3.63, 3.8) is 0 Å². The molecular formula is C13H18N2O3S. The molecule has 1 amide bonds. The van der Waals surface area contributed by atoms with E-state index in [4.69, 9.17) is 5.73 Å². The Bertz CT molecular complexity index is 457. The molecule has 104 valence electrons. The molecule has 0 aliphatic rings. The number of carbonyl (C=O) groups is 2. The number of benzene rings is 1. The molecule has 0 aliphatic heterocycles. The van der Waals surface area contributed by atoms with Crippen LogP contribution in [0.3, 0.4) is 0 Å². The van der Waals surface area contributed by atoms with Crippen LogP contribution in [0.15, 0.2) is 30.3 Å². The molecule has 0 aromatic heterocycles. The van der Waals surface area contributed by atoms with Gasteiger partial charge in [0.25, 0.3) is 0 Å². The first-order chi connectivity index (χ1) is 8.73. The van der Waals surface area contributed by atoms with Crippen molar-refractivity contribution in [1.29, 1.82) is 0 Å². The summed E-state index contributed by atoms with van der Waals surface area (Å²) < 4.78 is -0.732. The Balaban J connectivity index is 2.87. The Hall–Kier alpha value is -1.53. The van der Waals surface area contributed by atoms with Crippen molar-refractivity contribution < 1.29 is 14.7 Å². The predicted molar refractivity (Wildman–Crippen MR) is 76.0 cm³/mol. The molecule has 0 fully saturated rings. The highest BCUT2D eigenvalue weighted by Gasteiger charge is 2.31. The maximum Gasteiger partial charge on any atom is 0.330 e. The highest BCUT2D eigenvalue weighted by molar-refractivity contribution is 7.81. The average Bonchev–Trinajstić information content (AvgIpc) is 2.34. The molecule has 0 radical (unpaired) electrons. The van der Waals surface area contributed by atoms with Gasteiger partial charge in [-0.2, -0.15) is 12.6 Å². The van der Waals surface area contributed by atoms with Crippen LogP contribution in [0.4, 0.5) is 0 Å². The third-order valence-electron chi connectivity index (χ3n) is 2.71. The Morgan fingerprint density at radius 1 is 1.32 bits per heavy atom. The number of carboxylic acids is 1. The van der Waals surface area contributed by atoms with Gasteiger partial charge in [0.2, 0.25) is 5.91 Å². The summed E-state index contributed by atoms with van der Waals surface area (Å²) in [5.74, 6) is -1.68. The van der Waals surface area contributed by atoms with E-state index in [1.165, 1.54) is 0 Å². The number of carbonyl (C=O) groups excluding carboxylic acids is 1. The van der Waals surface area contributed by atoms with Crippen molar-refractivity contribution in [3.05, 3.63) is 35.9 Å².